The summed E-state index contributed by atoms with van der Waals surface area (Å²) in [4.78, 5) is 28.4. The maximum Gasteiger partial charge on any atom is 0.274 e. The van der Waals surface area contributed by atoms with E-state index in [-0.39, 0.29) is 18.1 Å². The van der Waals surface area contributed by atoms with Crippen molar-refractivity contribution in [1.29, 1.82) is 0 Å². The van der Waals surface area contributed by atoms with E-state index < -0.39 is 0 Å². The van der Waals surface area contributed by atoms with Gasteiger partial charge in [-0.25, -0.2) is 9.97 Å². The molecule has 2 atom stereocenters. The summed E-state index contributed by atoms with van der Waals surface area (Å²) in [6, 6.07) is 7.61. The highest BCUT2D eigenvalue weighted by molar-refractivity contribution is 7.17. The predicted molar refractivity (Wildman–Crippen MR) is 105 cm³/mol. The minimum Gasteiger partial charge on any atom is -0.380 e. The Morgan fingerprint density at radius 3 is 3.00 bits per heavy atom. The molecule has 3 aromatic rings. The number of fused-ring (bicyclic) bond motifs is 1. The molecule has 0 radical (unpaired) electrons. The number of hydrogen-bond donors (Lipinski definition) is 1. The summed E-state index contributed by atoms with van der Waals surface area (Å²) in [6.07, 6.45) is 2.70. The molecule has 2 unspecified atom stereocenters. The third-order valence-corrected chi connectivity index (χ3v) is 5.66. The van der Waals surface area contributed by atoms with Crippen molar-refractivity contribution < 1.29 is 9.53 Å². The van der Waals surface area contributed by atoms with Crippen molar-refractivity contribution in [2.75, 3.05) is 25.5 Å². The van der Waals surface area contributed by atoms with Gasteiger partial charge in [-0.2, -0.15) is 0 Å². The maximum absolute atomic E-state index is 13.1. The number of pyridine rings is 1. The van der Waals surface area contributed by atoms with Gasteiger partial charge >= 0.3 is 0 Å². The number of methoxy groups -OCH3 is 1. The molecule has 8 heteroatoms. The molecule has 0 saturated carbocycles. The first-order valence-electron chi connectivity index (χ1n) is 8.90. The molecule has 27 heavy (non-hydrogen) atoms. The van der Waals surface area contributed by atoms with Gasteiger partial charge in [-0.1, -0.05) is 6.07 Å². The maximum atomic E-state index is 13.1. The van der Waals surface area contributed by atoms with E-state index in [1.165, 1.54) is 11.3 Å². The first-order chi connectivity index (χ1) is 13.2. The number of aromatic nitrogens is 3. The summed E-state index contributed by atoms with van der Waals surface area (Å²) in [7, 11) is 1.68. The van der Waals surface area contributed by atoms with Gasteiger partial charge in [0.25, 0.3) is 5.91 Å². The molecule has 4 rings (SSSR count). The second-order valence-electron chi connectivity index (χ2n) is 6.55. The number of amides is 1. The van der Waals surface area contributed by atoms with E-state index in [0.29, 0.717) is 24.7 Å². The molecule has 3 aromatic heterocycles. The van der Waals surface area contributed by atoms with Crippen LogP contribution in [-0.4, -0.2) is 52.1 Å². The molecule has 1 amide bonds. The average molecular weight is 383 g/mol. The Labute approximate surface area is 161 Å². The molecule has 1 saturated heterocycles. The van der Waals surface area contributed by atoms with Crippen molar-refractivity contribution in [3.8, 4) is 0 Å². The fourth-order valence-corrected chi connectivity index (χ4v) is 4.04. The molecular weight excluding hydrogens is 362 g/mol. The lowest BCUT2D eigenvalue weighted by atomic mass is 10.2. The Hall–Kier alpha value is -2.58. The first-order valence-corrected chi connectivity index (χ1v) is 9.78. The zero-order valence-corrected chi connectivity index (χ0v) is 16.1. The highest BCUT2D eigenvalue weighted by Gasteiger charge is 2.29. The number of thiophene rings is 1. The van der Waals surface area contributed by atoms with Crippen LogP contribution in [0.25, 0.3) is 10.2 Å². The number of anilines is 1. The topological polar surface area (TPSA) is 80.2 Å². The van der Waals surface area contributed by atoms with Crippen LogP contribution < -0.4 is 5.32 Å². The van der Waals surface area contributed by atoms with E-state index in [1.54, 1.807) is 13.3 Å². The number of likely N-dealkylation sites (tertiary alicyclic amines) is 1. The Morgan fingerprint density at radius 1 is 1.37 bits per heavy atom. The number of rotatable bonds is 5. The molecule has 1 aliphatic rings. The molecule has 0 bridgehead atoms. The van der Waals surface area contributed by atoms with Crippen LogP contribution in [0.5, 0.6) is 0 Å². The van der Waals surface area contributed by atoms with E-state index >= 15 is 0 Å². The molecule has 0 aliphatic carbocycles. The lowest BCUT2D eigenvalue weighted by Gasteiger charge is -2.17. The molecule has 7 nitrogen and oxygen atoms in total. The number of carbonyl (C=O) groups excluding carboxylic acids is 1. The Bertz CT molecular complexity index is 946. The zero-order chi connectivity index (χ0) is 18.8. The van der Waals surface area contributed by atoms with Crippen molar-refractivity contribution in [2.45, 2.75) is 25.5 Å². The van der Waals surface area contributed by atoms with Crippen LogP contribution in [0, 0.1) is 0 Å². The van der Waals surface area contributed by atoms with Crippen LogP contribution >= 0.6 is 11.3 Å². The Balaban J connectivity index is 1.63. The van der Waals surface area contributed by atoms with E-state index in [9.17, 15) is 4.79 Å². The van der Waals surface area contributed by atoms with Crippen molar-refractivity contribution in [2.24, 2.45) is 0 Å². The fourth-order valence-electron chi connectivity index (χ4n) is 3.23. The molecule has 4 heterocycles. The summed E-state index contributed by atoms with van der Waals surface area (Å²) in [5.41, 5.74) is 2.11. The summed E-state index contributed by atoms with van der Waals surface area (Å²) >= 11 is 1.49. The van der Waals surface area contributed by atoms with E-state index in [4.69, 9.17) is 4.74 Å². The first kappa shape index (κ1) is 17.8. The van der Waals surface area contributed by atoms with Crippen LogP contribution in [0.1, 0.15) is 35.6 Å². The average Bonchev–Trinajstić information content (AvgIpc) is 3.36. The predicted octanol–water partition coefficient (Wildman–Crippen LogP) is 3.12. The van der Waals surface area contributed by atoms with Gasteiger partial charge in [-0.05, 0) is 36.9 Å². The lowest BCUT2D eigenvalue weighted by molar-refractivity contribution is 0.0721. The minimum atomic E-state index is -0.0742. The van der Waals surface area contributed by atoms with E-state index in [1.807, 2.05) is 41.5 Å². The van der Waals surface area contributed by atoms with Gasteiger partial charge in [-0.3, -0.25) is 9.78 Å². The van der Waals surface area contributed by atoms with Crippen molar-refractivity contribution >= 4 is 33.4 Å². The van der Waals surface area contributed by atoms with Gasteiger partial charge in [0.1, 0.15) is 0 Å². The highest BCUT2D eigenvalue weighted by Crippen LogP contribution is 2.27. The van der Waals surface area contributed by atoms with Gasteiger partial charge in [0.15, 0.2) is 5.69 Å². The van der Waals surface area contributed by atoms with Crippen LogP contribution in [-0.2, 0) is 4.74 Å². The monoisotopic (exact) mass is 383 g/mol. The largest absolute Gasteiger partial charge is 0.380 e. The van der Waals surface area contributed by atoms with Crippen molar-refractivity contribution in [3.63, 3.8) is 0 Å². The van der Waals surface area contributed by atoms with Gasteiger partial charge < -0.3 is 15.0 Å². The molecular formula is C19H21N5O2S. The number of ether oxygens (including phenoxy) is 1. The standard InChI is InChI=1S/C19H21N5O2S/c1-12(14-5-3-4-8-20-14)21-19-22-15-7-10-27-17(15)16(23-19)18(25)24-9-6-13(11-24)26-2/h3-5,7-8,10,12-13H,6,9,11H2,1-2H3,(H,21,22,23). The summed E-state index contributed by atoms with van der Waals surface area (Å²) in [6.45, 7) is 3.27. The van der Waals surface area contributed by atoms with Gasteiger partial charge in [-0.15, -0.1) is 11.3 Å². The Morgan fingerprint density at radius 2 is 2.26 bits per heavy atom. The summed E-state index contributed by atoms with van der Waals surface area (Å²) in [5, 5.41) is 5.20. The molecule has 1 aliphatic heterocycles. The van der Waals surface area contributed by atoms with E-state index in [2.05, 4.69) is 20.3 Å². The third-order valence-electron chi connectivity index (χ3n) is 4.75. The Kier molecular flexibility index (Phi) is 5.00. The van der Waals surface area contributed by atoms with Crippen molar-refractivity contribution in [1.82, 2.24) is 19.9 Å². The summed E-state index contributed by atoms with van der Waals surface area (Å²) in [5.74, 6) is 0.364. The SMILES string of the molecule is COC1CCN(C(=O)c2nc(NC(C)c3ccccn3)nc3ccsc23)C1. The smallest absolute Gasteiger partial charge is 0.274 e. The fraction of sp³-hybridized carbons (Fsp3) is 0.368. The lowest BCUT2D eigenvalue weighted by Crippen LogP contribution is -2.31. The number of hydrogen-bond acceptors (Lipinski definition) is 7. The molecule has 0 aromatic carbocycles. The molecule has 0 spiro atoms. The number of nitrogens with one attached hydrogen (secondary N) is 1. The van der Waals surface area contributed by atoms with Gasteiger partial charge in [0.2, 0.25) is 5.95 Å². The highest BCUT2D eigenvalue weighted by atomic mass is 32.1. The van der Waals surface area contributed by atoms with Crippen molar-refractivity contribution in [3.05, 3.63) is 47.2 Å². The molecule has 1 N–H and O–H groups in total. The molecule has 140 valence electrons. The zero-order valence-electron chi connectivity index (χ0n) is 15.3. The second-order valence-corrected chi connectivity index (χ2v) is 7.47. The van der Waals surface area contributed by atoms with Crippen LogP contribution in [0.2, 0.25) is 0 Å². The summed E-state index contributed by atoms with van der Waals surface area (Å²) < 4.78 is 6.20. The van der Waals surface area contributed by atoms with Crippen LogP contribution in [0.3, 0.4) is 0 Å². The van der Waals surface area contributed by atoms with Gasteiger partial charge in [0.05, 0.1) is 28.1 Å². The third kappa shape index (κ3) is 3.63. The minimum absolute atomic E-state index is 0.0714. The van der Waals surface area contributed by atoms with Crippen LogP contribution in [0.15, 0.2) is 35.8 Å². The van der Waals surface area contributed by atoms with E-state index in [0.717, 1.165) is 22.3 Å². The number of nitrogens with zero attached hydrogens (tertiary/aromatic N) is 4. The normalized spacial score (nSPS) is 18.0. The number of carbonyl (C=O) groups is 1. The van der Waals surface area contributed by atoms with Crippen LogP contribution in [0.4, 0.5) is 5.95 Å². The second kappa shape index (κ2) is 7.58. The van der Waals surface area contributed by atoms with Gasteiger partial charge in [0, 0.05) is 26.4 Å². The quantitative estimate of drug-likeness (QED) is 0.729. The molecule has 1 fully saturated rings.